The van der Waals surface area contributed by atoms with E-state index in [-0.39, 0.29) is 30.1 Å². The lowest BCUT2D eigenvalue weighted by Gasteiger charge is -2.35. The molecule has 2 saturated heterocycles. The van der Waals surface area contributed by atoms with Crippen molar-refractivity contribution in [2.45, 2.75) is 6.42 Å². The lowest BCUT2D eigenvalue weighted by molar-refractivity contribution is -0.137. The van der Waals surface area contributed by atoms with E-state index in [1.807, 2.05) is 34.1 Å². The standard InChI is InChI=1S/C18H23BrN4O3/c1-20-16(24)12-21-6-8-22(9-7-21)18(26)13-10-17(25)23(11-13)15-4-2-14(19)3-5-15/h2-5,13H,6-12H2,1H3,(H,20,24). The van der Waals surface area contributed by atoms with Gasteiger partial charge in [-0.15, -0.1) is 0 Å². The molecular formula is C18H23BrN4O3. The van der Waals surface area contributed by atoms with Crippen LogP contribution >= 0.6 is 15.9 Å². The molecule has 2 fully saturated rings. The van der Waals surface area contributed by atoms with Crippen LogP contribution in [0.1, 0.15) is 6.42 Å². The fourth-order valence-corrected chi connectivity index (χ4v) is 3.67. The van der Waals surface area contributed by atoms with Gasteiger partial charge < -0.3 is 15.1 Å². The molecule has 1 atom stereocenters. The second-order valence-electron chi connectivity index (χ2n) is 6.66. The molecule has 0 radical (unpaired) electrons. The smallest absolute Gasteiger partial charge is 0.233 e. The molecule has 2 aliphatic heterocycles. The minimum atomic E-state index is -0.295. The monoisotopic (exact) mass is 422 g/mol. The number of anilines is 1. The molecule has 1 aromatic carbocycles. The minimum Gasteiger partial charge on any atom is -0.358 e. The highest BCUT2D eigenvalue weighted by Crippen LogP contribution is 2.27. The third-order valence-electron chi connectivity index (χ3n) is 4.94. The number of piperazine rings is 1. The molecule has 140 valence electrons. The van der Waals surface area contributed by atoms with Crippen molar-refractivity contribution in [3.63, 3.8) is 0 Å². The van der Waals surface area contributed by atoms with Crippen LogP contribution in [0.25, 0.3) is 0 Å². The molecule has 3 amide bonds. The third-order valence-corrected chi connectivity index (χ3v) is 5.47. The van der Waals surface area contributed by atoms with Gasteiger partial charge >= 0.3 is 0 Å². The molecule has 0 bridgehead atoms. The molecule has 0 aromatic heterocycles. The summed E-state index contributed by atoms with van der Waals surface area (Å²) in [6.07, 6.45) is 0.257. The van der Waals surface area contributed by atoms with Gasteiger partial charge in [0.2, 0.25) is 17.7 Å². The van der Waals surface area contributed by atoms with Crippen LogP contribution in [0.3, 0.4) is 0 Å². The number of carbonyl (C=O) groups excluding carboxylic acids is 3. The number of halogens is 1. The van der Waals surface area contributed by atoms with Crippen molar-refractivity contribution in [2.24, 2.45) is 5.92 Å². The summed E-state index contributed by atoms with van der Waals surface area (Å²) in [5.41, 5.74) is 0.823. The van der Waals surface area contributed by atoms with Gasteiger partial charge in [0.15, 0.2) is 0 Å². The predicted molar refractivity (Wildman–Crippen MR) is 102 cm³/mol. The summed E-state index contributed by atoms with van der Waals surface area (Å²) in [5, 5.41) is 2.61. The Hall–Kier alpha value is -1.93. The van der Waals surface area contributed by atoms with Crippen LogP contribution in [-0.2, 0) is 14.4 Å². The van der Waals surface area contributed by atoms with Crippen molar-refractivity contribution in [1.29, 1.82) is 0 Å². The number of amides is 3. The van der Waals surface area contributed by atoms with Crippen LogP contribution in [0.2, 0.25) is 0 Å². The Bertz CT molecular complexity index is 686. The molecule has 3 rings (SSSR count). The second-order valence-corrected chi connectivity index (χ2v) is 7.57. The molecule has 1 unspecified atom stereocenters. The first-order chi connectivity index (χ1) is 12.5. The van der Waals surface area contributed by atoms with E-state index >= 15 is 0 Å². The van der Waals surface area contributed by atoms with E-state index in [4.69, 9.17) is 0 Å². The number of carbonyl (C=O) groups is 3. The summed E-state index contributed by atoms with van der Waals surface area (Å²) in [4.78, 5) is 42.2. The maximum Gasteiger partial charge on any atom is 0.233 e. The van der Waals surface area contributed by atoms with Gasteiger partial charge in [-0.1, -0.05) is 15.9 Å². The fraction of sp³-hybridized carbons (Fsp3) is 0.500. The average Bonchev–Trinajstić information content (AvgIpc) is 3.04. The molecular weight excluding hydrogens is 400 g/mol. The molecule has 7 nitrogen and oxygen atoms in total. The first-order valence-electron chi connectivity index (χ1n) is 8.75. The summed E-state index contributed by atoms with van der Waals surface area (Å²) < 4.78 is 0.954. The average molecular weight is 423 g/mol. The van der Waals surface area contributed by atoms with Gasteiger partial charge in [0.25, 0.3) is 0 Å². The zero-order valence-electron chi connectivity index (χ0n) is 14.8. The van der Waals surface area contributed by atoms with Crippen LogP contribution in [-0.4, -0.2) is 73.8 Å². The first-order valence-corrected chi connectivity index (χ1v) is 9.55. The normalized spacial score (nSPS) is 21.2. The zero-order chi connectivity index (χ0) is 18.7. The molecule has 2 aliphatic rings. The number of hydrogen-bond acceptors (Lipinski definition) is 4. The van der Waals surface area contributed by atoms with E-state index in [0.29, 0.717) is 39.3 Å². The van der Waals surface area contributed by atoms with Gasteiger partial charge in [0, 0.05) is 56.4 Å². The van der Waals surface area contributed by atoms with E-state index < -0.39 is 0 Å². The molecule has 1 aromatic rings. The Morgan fingerprint density at radius 2 is 1.81 bits per heavy atom. The zero-order valence-corrected chi connectivity index (χ0v) is 16.4. The van der Waals surface area contributed by atoms with Crippen molar-refractivity contribution in [1.82, 2.24) is 15.1 Å². The number of benzene rings is 1. The van der Waals surface area contributed by atoms with E-state index in [0.717, 1.165) is 10.2 Å². The van der Waals surface area contributed by atoms with Gasteiger partial charge in [0.1, 0.15) is 0 Å². The van der Waals surface area contributed by atoms with Crippen molar-refractivity contribution >= 4 is 39.3 Å². The van der Waals surface area contributed by atoms with Gasteiger partial charge in [0.05, 0.1) is 12.5 Å². The highest BCUT2D eigenvalue weighted by molar-refractivity contribution is 9.10. The number of likely N-dealkylation sites (N-methyl/N-ethyl adjacent to an activating group) is 1. The maximum atomic E-state index is 12.8. The highest BCUT2D eigenvalue weighted by Gasteiger charge is 2.37. The van der Waals surface area contributed by atoms with Gasteiger partial charge in [-0.05, 0) is 24.3 Å². The van der Waals surface area contributed by atoms with Gasteiger partial charge in [-0.25, -0.2) is 0 Å². The molecule has 0 saturated carbocycles. The van der Waals surface area contributed by atoms with Crippen molar-refractivity contribution < 1.29 is 14.4 Å². The molecule has 26 heavy (non-hydrogen) atoms. The third kappa shape index (κ3) is 4.24. The Balaban J connectivity index is 1.55. The van der Waals surface area contributed by atoms with E-state index in [9.17, 15) is 14.4 Å². The Kier molecular flexibility index (Phi) is 5.93. The van der Waals surface area contributed by atoms with Gasteiger partial charge in [-0.2, -0.15) is 0 Å². The second kappa shape index (κ2) is 8.18. The van der Waals surface area contributed by atoms with Crippen LogP contribution in [0, 0.1) is 5.92 Å². The summed E-state index contributed by atoms with van der Waals surface area (Å²) in [7, 11) is 1.62. The van der Waals surface area contributed by atoms with Crippen LogP contribution in [0.5, 0.6) is 0 Å². The SMILES string of the molecule is CNC(=O)CN1CCN(C(=O)C2CC(=O)N(c3ccc(Br)cc3)C2)CC1. The molecule has 2 heterocycles. The maximum absolute atomic E-state index is 12.8. The molecule has 0 spiro atoms. The van der Waals surface area contributed by atoms with E-state index in [1.54, 1.807) is 11.9 Å². The Morgan fingerprint density at radius 1 is 1.15 bits per heavy atom. The van der Waals surface area contributed by atoms with Crippen molar-refractivity contribution in [3.8, 4) is 0 Å². The predicted octanol–water partition coefficient (Wildman–Crippen LogP) is 0.692. The largest absolute Gasteiger partial charge is 0.358 e. The topological polar surface area (TPSA) is 73.0 Å². The lowest BCUT2D eigenvalue weighted by atomic mass is 10.1. The molecule has 8 heteroatoms. The lowest BCUT2D eigenvalue weighted by Crippen LogP contribution is -2.52. The molecule has 1 N–H and O–H groups in total. The Labute approximate surface area is 161 Å². The highest BCUT2D eigenvalue weighted by atomic mass is 79.9. The van der Waals surface area contributed by atoms with Crippen LogP contribution in [0.15, 0.2) is 28.7 Å². The van der Waals surface area contributed by atoms with E-state index in [1.165, 1.54) is 0 Å². The number of nitrogens with one attached hydrogen (secondary N) is 1. The van der Waals surface area contributed by atoms with Crippen LogP contribution in [0.4, 0.5) is 5.69 Å². The van der Waals surface area contributed by atoms with Crippen LogP contribution < -0.4 is 10.2 Å². The number of rotatable bonds is 4. The van der Waals surface area contributed by atoms with Crippen molar-refractivity contribution in [3.05, 3.63) is 28.7 Å². The summed E-state index contributed by atoms with van der Waals surface area (Å²) in [6, 6.07) is 7.55. The quantitative estimate of drug-likeness (QED) is 0.774. The summed E-state index contributed by atoms with van der Waals surface area (Å²) >= 11 is 3.39. The molecule has 0 aliphatic carbocycles. The number of hydrogen-bond donors (Lipinski definition) is 1. The summed E-state index contributed by atoms with van der Waals surface area (Å²) in [5.74, 6) is -0.283. The first kappa shape index (κ1) is 18.8. The minimum absolute atomic E-state index is 0.0103. The van der Waals surface area contributed by atoms with Crippen molar-refractivity contribution in [2.75, 3.05) is 51.2 Å². The Morgan fingerprint density at radius 3 is 2.42 bits per heavy atom. The number of nitrogens with zero attached hydrogens (tertiary/aromatic N) is 3. The summed E-state index contributed by atoms with van der Waals surface area (Å²) in [6.45, 7) is 3.33. The fourth-order valence-electron chi connectivity index (χ4n) is 3.41. The van der Waals surface area contributed by atoms with E-state index in [2.05, 4.69) is 21.2 Å². The van der Waals surface area contributed by atoms with Gasteiger partial charge in [-0.3, -0.25) is 19.3 Å².